The fourth-order valence-electron chi connectivity index (χ4n) is 2.03. The van der Waals surface area contributed by atoms with Crippen molar-refractivity contribution in [2.24, 2.45) is 18.9 Å². The van der Waals surface area contributed by atoms with Gasteiger partial charge in [0.2, 0.25) is 0 Å². The molecule has 5 nitrogen and oxygen atoms in total. The predicted octanol–water partition coefficient (Wildman–Crippen LogP) is 0.949. The molecule has 0 aromatic carbocycles. The van der Waals surface area contributed by atoms with E-state index in [0.717, 1.165) is 31.6 Å². The Morgan fingerprint density at radius 3 is 2.76 bits per heavy atom. The van der Waals surface area contributed by atoms with E-state index in [1.807, 2.05) is 7.05 Å². The molecule has 0 radical (unpaired) electrons. The molecule has 2 N–H and O–H groups in total. The molecule has 0 saturated carbocycles. The van der Waals surface area contributed by atoms with E-state index < -0.39 is 0 Å². The van der Waals surface area contributed by atoms with Crippen LogP contribution in [0, 0.1) is 11.8 Å². The molecule has 0 spiro atoms. The van der Waals surface area contributed by atoms with E-state index >= 15 is 0 Å². The van der Waals surface area contributed by atoms with Gasteiger partial charge in [-0.25, -0.2) is 0 Å². The molecular formula is C12H24N4O. The Kier molecular flexibility index (Phi) is 6.15. The first-order valence-corrected chi connectivity index (χ1v) is 6.28. The summed E-state index contributed by atoms with van der Waals surface area (Å²) in [6.07, 6.45) is 3.79. The Hall–Kier alpha value is -0.940. The molecule has 5 heteroatoms. The fourth-order valence-corrected chi connectivity index (χ4v) is 2.03. The van der Waals surface area contributed by atoms with Crippen molar-refractivity contribution in [1.82, 2.24) is 20.3 Å². The third kappa shape index (κ3) is 5.28. The van der Waals surface area contributed by atoms with Gasteiger partial charge in [0.1, 0.15) is 0 Å². The second kappa shape index (κ2) is 7.40. The number of rotatable bonds is 8. The Morgan fingerprint density at radius 2 is 2.24 bits per heavy atom. The molecule has 1 aromatic heterocycles. The van der Waals surface area contributed by atoms with E-state index in [4.69, 9.17) is 5.11 Å². The highest BCUT2D eigenvalue weighted by Crippen LogP contribution is 2.14. The fraction of sp³-hybridized carbons (Fsp3) is 0.833. The van der Waals surface area contributed by atoms with Gasteiger partial charge in [0.05, 0.1) is 11.9 Å². The molecule has 1 aromatic rings. The lowest BCUT2D eigenvalue weighted by molar-refractivity contribution is 0.239. The van der Waals surface area contributed by atoms with E-state index in [9.17, 15) is 0 Å². The Labute approximate surface area is 103 Å². The first kappa shape index (κ1) is 14.1. The average molecular weight is 240 g/mol. The number of nitrogens with zero attached hydrogens (tertiary/aromatic N) is 3. The maximum atomic E-state index is 9.03. The topological polar surface area (TPSA) is 63.0 Å². The summed E-state index contributed by atoms with van der Waals surface area (Å²) in [6.45, 7) is 6.42. The van der Waals surface area contributed by atoms with E-state index in [1.54, 1.807) is 10.9 Å². The van der Waals surface area contributed by atoms with Crippen molar-refractivity contribution in [3.8, 4) is 0 Å². The van der Waals surface area contributed by atoms with Crippen LogP contribution in [0.25, 0.3) is 0 Å². The molecule has 1 atom stereocenters. The minimum Gasteiger partial charge on any atom is -0.396 e. The van der Waals surface area contributed by atoms with Crippen LogP contribution in [0.3, 0.4) is 0 Å². The molecule has 0 fully saturated rings. The van der Waals surface area contributed by atoms with Gasteiger partial charge in [0, 0.05) is 20.2 Å². The molecule has 0 saturated heterocycles. The van der Waals surface area contributed by atoms with Crippen molar-refractivity contribution in [3.05, 3.63) is 11.9 Å². The lowest BCUT2D eigenvalue weighted by atomic mass is 9.94. The molecule has 1 unspecified atom stereocenters. The standard InChI is InChI=1S/C12H24N4O/c1-10(2)6-11(4-5-17)7-13-8-12-9-14-15-16(12)3/h9-11,13,17H,4-8H2,1-3H3. The number of hydrogen-bond acceptors (Lipinski definition) is 4. The maximum absolute atomic E-state index is 9.03. The predicted molar refractivity (Wildman–Crippen MR) is 67.4 cm³/mol. The second-order valence-corrected chi connectivity index (χ2v) is 4.99. The van der Waals surface area contributed by atoms with Crippen LogP contribution in [0.1, 0.15) is 32.4 Å². The van der Waals surface area contributed by atoms with Gasteiger partial charge in [-0.3, -0.25) is 4.68 Å². The van der Waals surface area contributed by atoms with Gasteiger partial charge >= 0.3 is 0 Å². The summed E-state index contributed by atoms with van der Waals surface area (Å²) in [5, 5.41) is 20.2. The number of aryl methyl sites for hydroxylation is 1. The van der Waals surface area contributed by atoms with Gasteiger partial charge in [0.15, 0.2) is 0 Å². The Bertz CT molecular complexity index is 311. The normalized spacial score (nSPS) is 13.2. The minimum absolute atomic E-state index is 0.270. The number of nitrogens with one attached hydrogen (secondary N) is 1. The number of aliphatic hydroxyl groups excluding tert-OH is 1. The summed E-state index contributed by atoms with van der Waals surface area (Å²) in [7, 11) is 1.89. The van der Waals surface area contributed by atoms with Crippen molar-refractivity contribution < 1.29 is 5.11 Å². The zero-order chi connectivity index (χ0) is 12.7. The molecule has 1 heterocycles. The highest BCUT2D eigenvalue weighted by Gasteiger charge is 2.10. The van der Waals surface area contributed by atoms with Gasteiger partial charge in [-0.2, -0.15) is 0 Å². The summed E-state index contributed by atoms with van der Waals surface area (Å²) in [5.41, 5.74) is 1.08. The molecule has 0 bridgehead atoms. The van der Waals surface area contributed by atoms with Crippen LogP contribution in [0.5, 0.6) is 0 Å². The lowest BCUT2D eigenvalue weighted by Crippen LogP contribution is -2.25. The lowest BCUT2D eigenvalue weighted by Gasteiger charge is -2.18. The molecule has 17 heavy (non-hydrogen) atoms. The number of aromatic nitrogens is 3. The van der Waals surface area contributed by atoms with E-state index in [0.29, 0.717) is 11.8 Å². The van der Waals surface area contributed by atoms with Crippen LogP contribution in [0.15, 0.2) is 6.20 Å². The summed E-state index contributed by atoms with van der Waals surface area (Å²) < 4.78 is 1.77. The van der Waals surface area contributed by atoms with Gasteiger partial charge < -0.3 is 10.4 Å². The van der Waals surface area contributed by atoms with Crippen molar-refractivity contribution in [1.29, 1.82) is 0 Å². The third-order valence-corrected chi connectivity index (χ3v) is 2.89. The quantitative estimate of drug-likeness (QED) is 0.710. The molecule has 0 aliphatic heterocycles. The van der Waals surface area contributed by atoms with Crippen molar-refractivity contribution >= 4 is 0 Å². The molecule has 0 aliphatic rings. The summed E-state index contributed by atoms with van der Waals surface area (Å²) >= 11 is 0. The van der Waals surface area contributed by atoms with Gasteiger partial charge in [0.25, 0.3) is 0 Å². The summed E-state index contributed by atoms with van der Waals surface area (Å²) in [5.74, 6) is 1.22. The second-order valence-electron chi connectivity index (χ2n) is 4.99. The van der Waals surface area contributed by atoms with Crippen LogP contribution < -0.4 is 5.32 Å². The summed E-state index contributed by atoms with van der Waals surface area (Å²) in [4.78, 5) is 0. The van der Waals surface area contributed by atoms with E-state index in [1.165, 1.54) is 0 Å². The van der Waals surface area contributed by atoms with E-state index in [2.05, 4.69) is 29.5 Å². The van der Waals surface area contributed by atoms with Gasteiger partial charge in [-0.15, -0.1) is 5.10 Å². The van der Waals surface area contributed by atoms with Crippen LogP contribution in [-0.2, 0) is 13.6 Å². The third-order valence-electron chi connectivity index (χ3n) is 2.89. The van der Waals surface area contributed by atoms with E-state index in [-0.39, 0.29) is 6.61 Å². The smallest absolute Gasteiger partial charge is 0.0738 e. The Morgan fingerprint density at radius 1 is 1.47 bits per heavy atom. The minimum atomic E-state index is 0.270. The highest BCUT2D eigenvalue weighted by molar-refractivity contribution is 4.92. The van der Waals surface area contributed by atoms with Crippen LogP contribution in [0.4, 0.5) is 0 Å². The monoisotopic (exact) mass is 240 g/mol. The van der Waals surface area contributed by atoms with Crippen LogP contribution in [-0.4, -0.2) is 33.3 Å². The average Bonchev–Trinajstić information content (AvgIpc) is 2.64. The molecule has 1 rings (SSSR count). The SMILES string of the molecule is CC(C)CC(CCO)CNCc1cnnn1C. The summed E-state index contributed by atoms with van der Waals surface area (Å²) in [6, 6.07) is 0. The zero-order valence-corrected chi connectivity index (χ0v) is 11.1. The maximum Gasteiger partial charge on any atom is 0.0738 e. The van der Waals surface area contributed by atoms with Crippen LogP contribution in [0.2, 0.25) is 0 Å². The highest BCUT2D eigenvalue weighted by atomic mass is 16.3. The number of hydrogen-bond donors (Lipinski definition) is 2. The first-order chi connectivity index (χ1) is 8.13. The Balaban J connectivity index is 2.29. The first-order valence-electron chi connectivity index (χ1n) is 6.28. The number of aliphatic hydroxyl groups is 1. The van der Waals surface area contributed by atoms with Gasteiger partial charge in [-0.1, -0.05) is 19.1 Å². The van der Waals surface area contributed by atoms with Crippen molar-refractivity contribution in [2.75, 3.05) is 13.2 Å². The van der Waals surface area contributed by atoms with Crippen molar-refractivity contribution in [3.63, 3.8) is 0 Å². The zero-order valence-electron chi connectivity index (χ0n) is 11.1. The molecular weight excluding hydrogens is 216 g/mol. The molecule has 98 valence electrons. The largest absolute Gasteiger partial charge is 0.396 e. The van der Waals surface area contributed by atoms with Crippen LogP contribution >= 0.6 is 0 Å². The molecule has 0 amide bonds. The molecule has 0 aliphatic carbocycles. The van der Waals surface area contributed by atoms with Crippen molar-refractivity contribution in [2.45, 2.75) is 33.2 Å². The van der Waals surface area contributed by atoms with Gasteiger partial charge in [-0.05, 0) is 31.2 Å².